The molecule has 0 aliphatic rings. The molecule has 1 heterocycles. The number of phenols is 2. The van der Waals surface area contributed by atoms with Gasteiger partial charge in [-0.15, -0.1) is 0 Å². The molecule has 1 aromatic heterocycles. The van der Waals surface area contributed by atoms with Crippen molar-refractivity contribution < 1.29 is 10.2 Å². The number of benzene rings is 1. The minimum Gasteiger partial charge on any atom is -0.504 e. The molecule has 0 fully saturated rings. The Labute approximate surface area is 68.1 Å². The van der Waals surface area contributed by atoms with E-state index in [1.165, 1.54) is 12.4 Å². The highest BCUT2D eigenvalue weighted by Gasteiger charge is 2.04. The molecule has 4 heteroatoms. The van der Waals surface area contributed by atoms with E-state index in [0.29, 0.717) is 10.9 Å². The van der Waals surface area contributed by atoms with Crippen LogP contribution >= 0.6 is 0 Å². The maximum Gasteiger partial charge on any atom is 0.184 e. The Hall–Kier alpha value is -1.84. The molecule has 0 unspecified atom stereocenters. The van der Waals surface area contributed by atoms with Gasteiger partial charge in [-0.2, -0.15) is 0 Å². The number of nitrogens with zero attached hydrogens (tertiary/aromatic N) is 2. The molecule has 0 aliphatic heterocycles. The summed E-state index contributed by atoms with van der Waals surface area (Å²) in [6.07, 6.45) is 2.89. The molecule has 2 rings (SSSR count). The van der Waals surface area contributed by atoms with Crippen molar-refractivity contribution in [2.75, 3.05) is 0 Å². The van der Waals surface area contributed by atoms with Crippen LogP contribution in [0.15, 0.2) is 24.7 Å². The molecule has 0 aliphatic carbocycles. The first kappa shape index (κ1) is 6.84. The van der Waals surface area contributed by atoms with Gasteiger partial charge in [0.2, 0.25) is 0 Å². The van der Waals surface area contributed by atoms with Gasteiger partial charge in [0.1, 0.15) is 11.8 Å². The summed E-state index contributed by atoms with van der Waals surface area (Å²) in [7, 11) is 0. The monoisotopic (exact) mass is 162 g/mol. The molecule has 60 valence electrons. The van der Waals surface area contributed by atoms with E-state index >= 15 is 0 Å². The van der Waals surface area contributed by atoms with E-state index in [9.17, 15) is 5.11 Å². The van der Waals surface area contributed by atoms with Crippen LogP contribution < -0.4 is 0 Å². The van der Waals surface area contributed by atoms with Crippen LogP contribution in [0.25, 0.3) is 10.9 Å². The summed E-state index contributed by atoms with van der Waals surface area (Å²) in [6.45, 7) is 0. The standard InChI is InChI=1S/C8H6N2O2/c11-6-2-1-5-3-9-4-10-7(5)8(6)12/h1-4,11-12H. The SMILES string of the molecule is Oc1ccc2cncnc2c1O. The van der Waals surface area contributed by atoms with Crippen LogP contribution in [-0.4, -0.2) is 20.2 Å². The van der Waals surface area contributed by atoms with E-state index in [0.717, 1.165) is 0 Å². The molecule has 12 heavy (non-hydrogen) atoms. The quantitative estimate of drug-likeness (QED) is 0.568. The fraction of sp³-hybridized carbons (Fsp3) is 0. The molecule has 0 bridgehead atoms. The summed E-state index contributed by atoms with van der Waals surface area (Å²) in [4.78, 5) is 7.60. The van der Waals surface area contributed by atoms with E-state index in [1.807, 2.05) is 0 Å². The lowest BCUT2D eigenvalue weighted by molar-refractivity contribution is 0.407. The van der Waals surface area contributed by atoms with Crippen molar-refractivity contribution in [3.63, 3.8) is 0 Å². The lowest BCUT2D eigenvalue weighted by atomic mass is 10.2. The van der Waals surface area contributed by atoms with E-state index in [4.69, 9.17) is 5.11 Å². The van der Waals surface area contributed by atoms with Gasteiger partial charge in [0.15, 0.2) is 11.5 Å². The van der Waals surface area contributed by atoms with Crippen molar-refractivity contribution in [2.24, 2.45) is 0 Å². The van der Waals surface area contributed by atoms with Crippen molar-refractivity contribution in [1.29, 1.82) is 0 Å². The summed E-state index contributed by atoms with van der Waals surface area (Å²) >= 11 is 0. The highest BCUT2D eigenvalue weighted by Crippen LogP contribution is 2.30. The van der Waals surface area contributed by atoms with Crippen LogP contribution in [0.2, 0.25) is 0 Å². The predicted octanol–water partition coefficient (Wildman–Crippen LogP) is 1.04. The third-order valence-electron chi connectivity index (χ3n) is 1.63. The summed E-state index contributed by atoms with van der Waals surface area (Å²) < 4.78 is 0. The van der Waals surface area contributed by atoms with Gasteiger partial charge >= 0.3 is 0 Å². The minimum atomic E-state index is -0.199. The second kappa shape index (κ2) is 2.34. The number of fused-ring (bicyclic) bond motifs is 1. The maximum atomic E-state index is 9.32. The molecular formula is C8H6N2O2. The zero-order chi connectivity index (χ0) is 8.55. The highest BCUT2D eigenvalue weighted by atomic mass is 16.3. The Balaban J connectivity index is 2.91. The minimum absolute atomic E-state index is 0.166. The number of aromatic hydroxyl groups is 2. The zero-order valence-corrected chi connectivity index (χ0v) is 6.10. The summed E-state index contributed by atoms with van der Waals surface area (Å²) in [5.74, 6) is -0.365. The third-order valence-corrected chi connectivity index (χ3v) is 1.63. The first-order valence-electron chi connectivity index (χ1n) is 3.39. The Morgan fingerprint density at radius 3 is 2.83 bits per heavy atom. The zero-order valence-electron chi connectivity index (χ0n) is 6.10. The molecule has 0 saturated carbocycles. The fourth-order valence-corrected chi connectivity index (χ4v) is 1.03. The number of aromatic nitrogens is 2. The van der Waals surface area contributed by atoms with Crippen molar-refractivity contribution in [2.45, 2.75) is 0 Å². The number of hydrogen-bond donors (Lipinski definition) is 2. The average molecular weight is 162 g/mol. The molecule has 1 aromatic carbocycles. The highest BCUT2D eigenvalue weighted by molar-refractivity contribution is 5.85. The van der Waals surface area contributed by atoms with Gasteiger partial charge in [-0.25, -0.2) is 9.97 Å². The van der Waals surface area contributed by atoms with E-state index < -0.39 is 0 Å². The van der Waals surface area contributed by atoms with Gasteiger partial charge in [0, 0.05) is 11.6 Å². The van der Waals surface area contributed by atoms with Gasteiger partial charge in [0.05, 0.1) is 0 Å². The molecule has 0 radical (unpaired) electrons. The molecule has 0 atom stereocenters. The van der Waals surface area contributed by atoms with Crippen molar-refractivity contribution >= 4 is 10.9 Å². The van der Waals surface area contributed by atoms with Crippen LogP contribution in [0, 0.1) is 0 Å². The molecule has 0 saturated heterocycles. The molecule has 0 amide bonds. The first-order chi connectivity index (χ1) is 5.79. The van der Waals surface area contributed by atoms with E-state index in [1.54, 1.807) is 12.3 Å². The van der Waals surface area contributed by atoms with Gasteiger partial charge in [-0.1, -0.05) is 0 Å². The van der Waals surface area contributed by atoms with Gasteiger partial charge in [-0.3, -0.25) is 0 Å². The molecular weight excluding hydrogens is 156 g/mol. The van der Waals surface area contributed by atoms with Crippen LogP contribution in [-0.2, 0) is 0 Å². The lowest BCUT2D eigenvalue weighted by Crippen LogP contribution is -1.81. The fourth-order valence-electron chi connectivity index (χ4n) is 1.03. The Morgan fingerprint density at radius 1 is 1.17 bits per heavy atom. The number of hydrogen-bond acceptors (Lipinski definition) is 4. The summed E-state index contributed by atoms with van der Waals surface area (Å²) in [5.41, 5.74) is 0.366. The second-order valence-corrected chi connectivity index (χ2v) is 2.39. The van der Waals surface area contributed by atoms with Gasteiger partial charge < -0.3 is 10.2 Å². The lowest BCUT2D eigenvalue weighted by Gasteiger charge is -1.99. The Kier molecular flexibility index (Phi) is 1.33. The molecule has 2 N–H and O–H groups in total. The summed E-state index contributed by atoms with van der Waals surface area (Å²) in [5, 5.41) is 19.1. The Bertz CT molecular complexity index is 428. The van der Waals surface area contributed by atoms with Crippen LogP contribution in [0.1, 0.15) is 0 Å². The van der Waals surface area contributed by atoms with Gasteiger partial charge in [0.25, 0.3) is 0 Å². The van der Waals surface area contributed by atoms with Crippen LogP contribution in [0.4, 0.5) is 0 Å². The summed E-state index contributed by atoms with van der Waals surface area (Å²) in [6, 6.07) is 3.05. The first-order valence-corrected chi connectivity index (χ1v) is 3.39. The topological polar surface area (TPSA) is 66.2 Å². The van der Waals surface area contributed by atoms with Crippen LogP contribution in [0.5, 0.6) is 11.5 Å². The predicted molar refractivity (Wildman–Crippen MR) is 42.9 cm³/mol. The van der Waals surface area contributed by atoms with E-state index in [2.05, 4.69) is 9.97 Å². The van der Waals surface area contributed by atoms with Crippen molar-refractivity contribution in [3.05, 3.63) is 24.7 Å². The average Bonchev–Trinajstić information content (AvgIpc) is 2.12. The molecule has 2 aromatic rings. The Morgan fingerprint density at radius 2 is 2.00 bits per heavy atom. The number of rotatable bonds is 0. The van der Waals surface area contributed by atoms with Crippen LogP contribution in [0.3, 0.4) is 0 Å². The smallest absolute Gasteiger partial charge is 0.184 e. The molecule has 4 nitrogen and oxygen atoms in total. The number of phenolic OH excluding ortho intramolecular Hbond substituents is 2. The maximum absolute atomic E-state index is 9.32. The molecule has 0 spiro atoms. The van der Waals surface area contributed by atoms with Crippen molar-refractivity contribution in [1.82, 2.24) is 9.97 Å². The second-order valence-electron chi connectivity index (χ2n) is 2.39. The van der Waals surface area contributed by atoms with Gasteiger partial charge in [-0.05, 0) is 12.1 Å². The normalized spacial score (nSPS) is 10.3. The largest absolute Gasteiger partial charge is 0.504 e. The third kappa shape index (κ3) is 0.852. The van der Waals surface area contributed by atoms with E-state index in [-0.39, 0.29) is 11.5 Å². The van der Waals surface area contributed by atoms with Crippen molar-refractivity contribution in [3.8, 4) is 11.5 Å².